The molecule has 1 aromatic carbocycles. The highest BCUT2D eigenvalue weighted by Crippen LogP contribution is 2.18. The van der Waals surface area contributed by atoms with Gasteiger partial charge in [0.2, 0.25) is 11.8 Å². The van der Waals surface area contributed by atoms with Gasteiger partial charge in [-0.1, -0.05) is 18.2 Å². The zero-order valence-electron chi connectivity index (χ0n) is 14.8. The number of likely N-dealkylation sites (tertiary alicyclic amines) is 1. The zero-order chi connectivity index (χ0) is 18.4. The van der Waals surface area contributed by atoms with Crippen LogP contribution < -0.4 is 11.1 Å². The van der Waals surface area contributed by atoms with Gasteiger partial charge in [0.05, 0.1) is 24.2 Å². The van der Waals surface area contributed by atoms with Crippen LogP contribution in [-0.2, 0) is 16.0 Å². The number of nitrogens with one attached hydrogen (secondary N) is 1. The summed E-state index contributed by atoms with van der Waals surface area (Å²) in [7, 11) is 0. The predicted molar refractivity (Wildman–Crippen MR) is 98.6 cm³/mol. The second-order valence-electron chi connectivity index (χ2n) is 6.56. The van der Waals surface area contributed by atoms with Crippen molar-refractivity contribution in [2.45, 2.75) is 19.3 Å². The Balaban J connectivity index is 1.58. The van der Waals surface area contributed by atoms with E-state index in [-0.39, 0.29) is 17.7 Å². The summed E-state index contributed by atoms with van der Waals surface area (Å²) in [6.45, 7) is 2.07. The molecule has 1 aromatic heterocycles. The number of para-hydroxylation sites is 1. The van der Waals surface area contributed by atoms with E-state index >= 15 is 0 Å². The third-order valence-electron chi connectivity index (χ3n) is 4.60. The molecular weight excluding hydrogens is 330 g/mol. The number of aromatic nitrogens is 2. The maximum atomic E-state index is 12.6. The van der Waals surface area contributed by atoms with Gasteiger partial charge in [0, 0.05) is 32.4 Å². The van der Waals surface area contributed by atoms with Crippen LogP contribution in [0.5, 0.6) is 0 Å². The van der Waals surface area contributed by atoms with E-state index in [1.54, 1.807) is 15.8 Å². The summed E-state index contributed by atoms with van der Waals surface area (Å²) >= 11 is 0. The van der Waals surface area contributed by atoms with E-state index in [1.165, 1.54) is 0 Å². The van der Waals surface area contributed by atoms with Gasteiger partial charge in [-0.3, -0.25) is 9.59 Å². The van der Waals surface area contributed by atoms with Crippen LogP contribution in [-0.4, -0.2) is 52.7 Å². The van der Waals surface area contributed by atoms with Gasteiger partial charge in [-0.2, -0.15) is 5.10 Å². The minimum atomic E-state index is -0.147. The van der Waals surface area contributed by atoms with Crippen LogP contribution in [0.4, 0.5) is 0 Å². The van der Waals surface area contributed by atoms with Crippen molar-refractivity contribution >= 4 is 11.8 Å². The van der Waals surface area contributed by atoms with E-state index in [0.29, 0.717) is 32.6 Å². The molecule has 1 unspecified atom stereocenters. The molecule has 0 saturated carbocycles. The van der Waals surface area contributed by atoms with Gasteiger partial charge >= 0.3 is 0 Å². The van der Waals surface area contributed by atoms with Crippen LogP contribution >= 0.6 is 0 Å². The third kappa shape index (κ3) is 4.49. The third-order valence-corrected chi connectivity index (χ3v) is 4.60. The fraction of sp³-hybridized carbons (Fsp3) is 0.421. The van der Waals surface area contributed by atoms with E-state index in [9.17, 15) is 9.59 Å². The monoisotopic (exact) mass is 355 g/mol. The summed E-state index contributed by atoms with van der Waals surface area (Å²) in [5.41, 5.74) is 7.25. The van der Waals surface area contributed by atoms with Crippen molar-refractivity contribution in [3.63, 3.8) is 0 Å². The van der Waals surface area contributed by atoms with Gasteiger partial charge in [0.25, 0.3) is 0 Å². The number of piperidine rings is 1. The van der Waals surface area contributed by atoms with Crippen molar-refractivity contribution in [2.75, 3.05) is 26.2 Å². The average molecular weight is 355 g/mol. The molecule has 2 amide bonds. The second kappa shape index (κ2) is 8.62. The van der Waals surface area contributed by atoms with Crippen LogP contribution in [0.1, 0.15) is 18.4 Å². The molecule has 1 aliphatic rings. The number of nitrogens with two attached hydrogens (primary N) is 1. The number of carbonyl (C=O) groups is 2. The maximum absolute atomic E-state index is 12.6. The fourth-order valence-corrected chi connectivity index (χ4v) is 3.22. The Kier molecular flexibility index (Phi) is 6.01. The number of nitrogens with zero attached hydrogens (tertiary/aromatic N) is 3. The van der Waals surface area contributed by atoms with Crippen molar-refractivity contribution in [3.05, 3.63) is 48.3 Å². The lowest BCUT2D eigenvalue weighted by molar-refractivity contribution is -0.135. The first-order chi connectivity index (χ1) is 12.7. The molecule has 0 radical (unpaired) electrons. The van der Waals surface area contributed by atoms with Crippen LogP contribution in [0.15, 0.2) is 42.7 Å². The quantitative estimate of drug-likeness (QED) is 0.799. The minimum Gasteiger partial charge on any atom is -0.355 e. The lowest BCUT2D eigenvalue weighted by Gasteiger charge is -2.32. The first kappa shape index (κ1) is 18.1. The van der Waals surface area contributed by atoms with Gasteiger partial charge in [-0.25, -0.2) is 4.68 Å². The molecule has 7 nitrogen and oxygen atoms in total. The molecule has 2 heterocycles. The standard InChI is InChI=1S/C19H25N5O2/c20-8-9-21-19(26)16-5-4-10-23(14-16)18(25)11-15-12-22-24(13-15)17-6-2-1-3-7-17/h1-3,6-7,12-13,16H,4-5,8-11,14,20H2,(H,21,26). The van der Waals surface area contributed by atoms with Gasteiger partial charge in [-0.15, -0.1) is 0 Å². The summed E-state index contributed by atoms with van der Waals surface area (Å²) in [6, 6.07) is 9.78. The minimum absolute atomic E-state index is 0.00940. The largest absolute Gasteiger partial charge is 0.355 e. The average Bonchev–Trinajstić information content (AvgIpc) is 3.15. The molecule has 1 atom stereocenters. The fourth-order valence-electron chi connectivity index (χ4n) is 3.22. The molecular formula is C19H25N5O2. The molecule has 7 heteroatoms. The number of hydrogen-bond acceptors (Lipinski definition) is 4. The topological polar surface area (TPSA) is 93.2 Å². The number of benzene rings is 1. The number of hydrogen-bond donors (Lipinski definition) is 2. The van der Waals surface area contributed by atoms with E-state index < -0.39 is 0 Å². The van der Waals surface area contributed by atoms with Crippen molar-refractivity contribution in [3.8, 4) is 5.69 Å². The molecule has 1 aliphatic heterocycles. The Morgan fingerprint density at radius 2 is 2.08 bits per heavy atom. The van der Waals surface area contributed by atoms with Crippen molar-refractivity contribution < 1.29 is 9.59 Å². The Labute approximate surface area is 153 Å². The van der Waals surface area contributed by atoms with Gasteiger partial charge in [0.15, 0.2) is 0 Å². The number of amides is 2. The molecule has 2 aromatic rings. The van der Waals surface area contributed by atoms with Crippen molar-refractivity contribution in [2.24, 2.45) is 11.7 Å². The van der Waals surface area contributed by atoms with Gasteiger partial charge < -0.3 is 16.0 Å². The van der Waals surface area contributed by atoms with E-state index in [1.807, 2.05) is 36.5 Å². The van der Waals surface area contributed by atoms with Gasteiger partial charge in [0.1, 0.15) is 0 Å². The molecule has 3 rings (SSSR count). The Morgan fingerprint density at radius 1 is 1.27 bits per heavy atom. The van der Waals surface area contributed by atoms with Crippen LogP contribution in [0.2, 0.25) is 0 Å². The molecule has 26 heavy (non-hydrogen) atoms. The predicted octanol–water partition coefficient (Wildman–Crippen LogP) is 0.728. The molecule has 138 valence electrons. The van der Waals surface area contributed by atoms with E-state index in [0.717, 1.165) is 24.1 Å². The highest BCUT2D eigenvalue weighted by molar-refractivity contribution is 5.82. The van der Waals surface area contributed by atoms with Crippen LogP contribution in [0.3, 0.4) is 0 Å². The summed E-state index contributed by atoms with van der Waals surface area (Å²) < 4.78 is 1.77. The van der Waals surface area contributed by atoms with Gasteiger partial charge in [-0.05, 0) is 30.5 Å². The Morgan fingerprint density at radius 3 is 2.85 bits per heavy atom. The normalized spacial score (nSPS) is 17.1. The summed E-state index contributed by atoms with van der Waals surface area (Å²) in [6.07, 6.45) is 5.55. The molecule has 3 N–H and O–H groups in total. The highest BCUT2D eigenvalue weighted by atomic mass is 16.2. The smallest absolute Gasteiger partial charge is 0.227 e. The second-order valence-corrected chi connectivity index (χ2v) is 6.56. The van der Waals surface area contributed by atoms with Crippen molar-refractivity contribution in [1.82, 2.24) is 20.0 Å². The van der Waals surface area contributed by atoms with Crippen molar-refractivity contribution in [1.29, 1.82) is 0 Å². The summed E-state index contributed by atoms with van der Waals surface area (Å²) in [5, 5.41) is 7.15. The lowest BCUT2D eigenvalue weighted by Crippen LogP contribution is -2.46. The molecule has 0 bridgehead atoms. The summed E-state index contributed by atoms with van der Waals surface area (Å²) in [4.78, 5) is 26.5. The van der Waals surface area contributed by atoms with Crippen LogP contribution in [0.25, 0.3) is 5.69 Å². The first-order valence-corrected chi connectivity index (χ1v) is 9.02. The first-order valence-electron chi connectivity index (χ1n) is 9.02. The van der Waals surface area contributed by atoms with Crippen LogP contribution in [0, 0.1) is 5.92 Å². The molecule has 0 spiro atoms. The zero-order valence-corrected chi connectivity index (χ0v) is 14.8. The Bertz CT molecular complexity index is 743. The SMILES string of the molecule is NCCNC(=O)C1CCCN(C(=O)Cc2cnn(-c3ccccc3)c2)C1. The molecule has 1 fully saturated rings. The summed E-state index contributed by atoms with van der Waals surface area (Å²) in [5.74, 6) is -0.120. The maximum Gasteiger partial charge on any atom is 0.227 e. The number of carbonyl (C=O) groups excluding carboxylic acids is 2. The molecule has 0 aliphatic carbocycles. The number of rotatable bonds is 6. The Hall–Kier alpha value is -2.67. The highest BCUT2D eigenvalue weighted by Gasteiger charge is 2.28. The van der Waals surface area contributed by atoms with E-state index in [4.69, 9.17) is 5.73 Å². The van der Waals surface area contributed by atoms with E-state index in [2.05, 4.69) is 10.4 Å². The lowest BCUT2D eigenvalue weighted by atomic mass is 9.96. The molecule has 1 saturated heterocycles.